The van der Waals surface area contributed by atoms with Gasteiger partial charge >= 0.3 is 0 Å². The molecule has 0 N–H and O–H groups in total. The third-order valence-electron chi connectivity index (χ3n) is 4.50. The summed E-state index contributed by atoms with van der Waals surface area (Å²) in [5, 5.41) is 0. The molecule has 0 amide bonds. The number of hydrogen-bond acceptors (Lipinski definition) is 3. The smallest absolute Gasteiger partial charge is 0.179 e. The van der Waals surface area contributed by atoms with Crippen LogP contribution in [0.4, 0.5) is 0 Å². The first-order valence-corrected chi connectivity index (χ1v) is 9.74. The van der Waals surface area contributed by atoms with Crippen LogP contribution in [-0.2, 0) is 4.74 Å². The summed E-state index contributed by atoms with van der Waals surface area (Å²) in [6, 6.07) is 0.852. The molecule has 0 spiro atoms. The summed E-state index contributed by atoms with van der Waals surface area (Å²) in [6.07, 6.45) is 12.7. The summed E-state index contributed by atoms with van der Waals surface area (Å²) >= 11 is 0. The van der Waals surface area contributed by atoms with E-state index in [0.29, 0.717) is 6.35 Å². The minimum absolute atomic E-state index is 0.174. The monoisotopic (exact) mass is 284 g/mol. The largest absolute Gasteiger partial charge is 0.351 e. The van der Waals surface area contributed by atoms with Crippen molar-refractivity contribution in [1.82, 2.24) is 9.13 Å². The van der Waals surface area contributed by atoms with Crippen LogP contribution in [0.15, 0.2) is 0 Å². The second kappa shape index (κ2) is 8.40. The normalized spacial score (nSPS) is 27.8. The molecule has 0 aromatic carbocycles. The van der Waals surface area contributed by atoms with E-state index >= 15 is 0 Å². The van der Waals surface area contributed by atoms with E-state index in [9.17, 15) is 0 Å². The predicted molar refractivity (Wildman–Crippen MR) is 83.5 cm³/mol. The van der Waals surface area contributed by atoms with Crippen molar-refractivity contribution >= 4 is 9.84 Å². The van der Waals surface area contributed by atoms with E-state index in [1.807, 2.05) is 0 Å². The van der Waals surface area contributed by atoms with Crippen molar-refractivity contribution in [3.05, 3.63) is 0 Å². The zero-order chi connectivity index (χ0) is 13.5. The molecule has 1 unspecified atom stereocenters. The van der Waals surface area contributed by atoms with Gasteiger partial charge in [0.15, 0.2) is 16.2 Å². The van der Waals surface area contributed by atoms with Gasteiger partial charge < -0.3 is 4.74 Å². The average molecular weight is 285 g/mol. The number of unbranched alkanes of at least 4 members (excludes halogenated alkanes) is 2. The van der Waals surface area contributed by atoms with Crippen LogP contribution in [0, 0.1) is 0 Å². The third-order valence-corrected chi connectivity index (χ3v) is 6.65. The summed E-state index contributed by atoms with van der Waals surface area (Å²) in [5.74, 6) is 0. The van der Waals surface area contributed by atoms with Gasteiger partial charge in [-0.2, -0.15) is 0 Å². The first-order chi connectivity index (χ1) is 9.36. The molecule has 19 heavy (non-hydrogen) atoms. The van der Waals surface area contributed by atoms with Crippen molar-refractivity contribution in [2.45, 2.75) is 84.0 Å². The first kappa shape index (κ1) is 15.5. The van der Waals surface area contributed by atoms with Crippen molar-refractivity contribution in [3.8, 4) is 0 Å². The van der Waals surface area contributed by atoms with Crippen LogP contribution in [0.5, 0.6) is 0 Å². The lowest BCUT2D eigenvalue weighted by Gasteiger charge is -2.54. The highest BCUT2D eigenvalue weighted by Gasteiger charge is 2.41. The Hall–Kier alpha value is 0.0969. The third kappa shape index (κ3) is 4.28. The highest BCUT2D eigenvalue weighted by molar-refractivity contribution is 6.32. The highest BCUT2D eigenvalue weighted by Crippen LogP contribution is 2.30. The van der Waals surface area contributed by atoms with E-state index in [0.717, 1.165) is 19.1 Å². The number of hydrogen-bond donors (Lipinski definition) is 0. The topological polar surface area (TPSA) is 15.7 Å². The zero-order valence-corrected chi connectivity index (χ0v) is 14.4. The van der Waals surface area contributed by atoms with E-state index in [2.05, 4.69) is 23.0 Å². The van der Waals surface area contributed by atoms with Gasteiger partial charge in [-0.1, -0.05) is 46.0 Å². The lowest BCUT2D eigenvalue weighted by molar-refractivity contribution is -0.151. The molecule has 0 aromatic heterocycles. The summed E-state index contributed by atoms with van der Waals surface area (Å²) < 4.78 is 11.5. The molecule has 1 heterocycles. The van der Waals surface area contributed by atoms with Crippen LogP contribution in [-0.4, -0.2) is 44.5 Å². The molecule has 1 aliphatic carbocycles. The molecule has 2 rings (SSSR count). The van der Waals surface area contributed by atoms with Gasteiger partial charge in [-0.05, 0) is 32.2 Å². The second-order valence-corrected chi connectivity index (χ2v) is 7.99. The molecule has 2 fully saturated rings. The van der Waals surface area contributed by atoms with Crippen LogP contribution in [0.3, 0.4) is 0 Å². The van der Waals surface area contributed by atoms with E-state index in [4.69, 9.17) is 4.74 Å². The van der Waals surface area contributed by atoms with Gasteiger partial charge in [-0.25, -0.2) is 0 Å². The Bertz CT molecular complexity index is 246. The maximum atomic E-state index is 6.12. The van der Waals surface area contributed by atoms with E-state index < -0.39 is 0 Å². The Morgan fingerprint density at radius 1 is 1.05 bits per heavy atom. The van der Waals surface area contributed by atoms with Crippen molar-refractivity contribution < 1.29 is 4.74 Å². The SMILES string of the molecule is CCCCCN1[SiH2]N(C2CCCCC2)C1OCCC. The fourth-order valence-corrected chi connectivity index (χ4v) is 5.35. The van der Waals surface area contributed by atoms with Crippen LogP contribution >= 0.6 is 0 Å². The summed E-state index contributed by atoms with van der Waals surface area (Å²) in [7, 11) is -0.174. The molecule has 0 aromatic rings. The molecule has 1 aliphatic heterocycles. The van der Waals surface area contributed by atoms with Gasteiger partial charge in [-0.15, -0.1) is 0 Å². The minimum atomic E-state index is -0.174. The van der Waals surface area contributed by atoms with Gasteiger partial charge in [-0.3, -0.25) is 9.13 Å². The first-order valence-electron chi connectivity index (χ1n) is 8.48. The standard InChI is InChI=1S/C15H32N2OSi/c1-3-5-9-12-16-15(18-13-4-2)17(19-16)14-10-7-6-8-11-14/h14-15H,3-13,19H2,1-2H3. The van der Waals surface area contributed by atoms with Crippen molar-refractivity contribution in [1.29, 1.82) is 0 Å². The van der Waals surface area contributed by atoms with Crippen molar-refractivity contribution in [2.24, 2.45) is 0 Å². The Balaban J connectivity index is 1.78. The maximum absolute atomic E-state index is 6.12. The number of rotatable bonds is 8. The summed E-state index contributed by atoms with van der Waals surface area (Å²) in [4.78, 5) is 0. The molecule has 1 saturated carbocycles. The Kier molecular flexibility index (Phi) is 6.84. The highest BCUT2D eigenvalue weighted by atomic mass is 28.2. The fourth-order valence-electron chi connectivity index (χ4n) is 3.34. The maximum Gasteiger partial charge on any atom is 0.179 e. The van der Waals surface area contributed by atoms with E-state index in [1.165, 1.54) is 57.9 Å². The Morgan fingerprint density at radius 3 is 2.53 bits per heavy atom. The molecular weight excluding hydrogens is 252 g/mol. The lowest BCUT2D eigenvalue weighted by Crippen LogP contribution is -2.70. The van der Waals surface area contributed by atoms with Crippen LogP contribution in [0.2, 0.25) is 0 Å². The lowest BCUT2D eigenvalue weighted by atomic mass is 9.95. The number of nitrogens with zero attached hydrogens (tertiary/aromatic N) is 2. The average Bonchev–Trinajstić information content (AvgIpc) is 2.43. The molecule has 1 saturated heterocycles. The molecular formula is C15H32N2OSi. The fraction of sp³-hybridized carbons (Fsp3) is 1.00. The van der Waals surface area contributed by atoms with Crippen LogP contribution < -0.4 is 0 Å². The van der Waals surface area contributed by atoms with E-state index in [1.54, 1.807) is 0 Å². The minimum Gasteiger partial charge on any atom is -0.351 e. The van der Waals surface area contributed by atoms with Crippen LogP contribution in [0.1, 0.15) is 71.6 Å². The van der Waals surface area contributed by atoms with Crippen molar-refractivity contribution in [3.63, 3.8) is 0 Å². The van der Waals surface area contributed by atoms with Gasteiger partial charge in [0, 0.05) is 12.6 Å². The summed E-state index contributed by atoms with van der Waals surface area (Å²) in [5.41, 5.74) is 0. The Labute approximate surface area is 121 Å². The Morgan fingerprint density at radius 2 is 1.84 bits per heavy atom. The molecule has 1 atom stereocenters. The quantitative estimate of drug-likeness (QED) is 0.503. The zero-order valence-electron chi connectivity index (χ0n) is 12.9. The van der Waals surface area contributed by atoms with Crippen LogP contribution in [0.25, 0.3) is 0 Å². The second-order valence-electron chi connectivity index (χ2n) is 6.16. The van der Waals surface area contributed by atoms with Gasteiger partial charge in [0.2, 0.25) is 0 Å². The van der Waals surface area contributed by atoms with E-state index in [-0.39, 0.29) is 9.84 Å². The molecule has 0 radical (unpaired) electrons. The molecule has 112 valence electrons. The van der Waals surface area contributed by atoms with Gasteiger partial charge in [0.1, 0.15) is 0 Å². The molecule has 3 nitrogen and oxygen atoms in total. The van der Waals surface area contributed by atoms with Crippen molar-refractivity contribution in [2.75, 3.05) is 13.2 Å². The van der Waals surface area contributed by atoms with Gasteiger partial charge in [0.25, 0.3) is 0 Å². The summed E-state index contributed by atoms with van der Waals surface area (Å²) in [6.45, 7) is 6.69. The number of ether oxygens (including phenoxy) is 1. The predicted octanol–water partition coefficient (Wildman–Crippen LogP) is 2.84. The molecule has 4 heteroatoms. The molecule has 0 bridgehead atoms. The van der Waals surface area contributed by atoms with Gasteiger partial charge in [0.05, 0.1) is 0 Å². The molecule has 2 aliphatic rings.